The van der Waals surface area contributed by atoms with Gasteiger partial charge in [-0.3, -0.25) is 0 Å². The molecule has 0 radical (unpaired) electrons. The molecule has 0 amide bonds. The van der Waals surface area contributed by atoms with E-state index in [1.54, 1.807) is 7.05 Å². The average Bonchev–Trinajstić information content (AvgIpc) is 2.28. The molecule has 0 aliphatic rings. The van der Waals surface area contributed by atoms with Crippen LogP contribution >= 0.6 is 0 Å². The predicted octanol–water partition coefficient (Wildman–Crippen LogP) is 0.404. The van der Waals surface area contributed by atoms with Crippen molar-refractivity contribution in [3.8, 4) is 0 Å². The van der Waals surface area contributed by atoms with Gasteiger partial charge in [0.1, 0.15) is 4.90 Å². The summed E-state index contributed by atoms with van der Waals surface area (Å²) in [5.74, 6) is 0.250. The summed E-state index contributed by atoms with van der Waals surface area (Å²) < 4.78 is 48.3. The van der Waals surface area contributed by atoms with Crippen LogP contribution in [0.25, 0.3) is 0 Å². The Kier molecular flexibility index (Phi) is 4.29. The number of halogens is 2. The molecule has 0 bridgehead atoms. The molecule has 1 heterocycles. The second-order valence-electron chi connectivity index (χ2n) is 3.17. The molecule has 0 atom stereocenters. The van der Waals surface area contributed by atoms with Crippen LogP contribution in [-0.4, -0.2) is 49.8 Å². The summed E-state index contributed by atoms with van der Waals surface area (Å²) in [4.78, 5) is 7.20. The molecule has 1 aromatic rings. The Balaban J connectivity index is 2.96. The lowest BCUT2D eigenvalue weighted by Gasteiger charge is -2.16. The maximum atomic E-state index is 12.1. The fourth-order valence-electron chi connectivity index (χ4n) is 1.05. The first-order chi connectivity index (χ1) is 7.87. The maximum absolute atomic E-state index is 12.1. The Bertz CT molecular complexity index is 463. The van der Waals surface area contributed by atoms with E-state index in [0.29, 0.717) is 4.31 Å². The highest BCUT2D eigenvalue weighted by atomic mass is 32.2. The number of sulfonamides is 1. The number of alkyl halides is 2. The van der Waals surface area contributed by atoms with E-state index in [2.05, 4.69) is 15.3 Å². The van der Waals surface area contributed by atoms with Gasteiger partial charge in [0, 0.05) is 14.1 Å². The summed E-state index contributed by atoms with van der Waals surface area (Å²) in [5.41, 5.74) is 0. The largest absolute Gasteiger partial charge is 0.357 e. The van der Waals surface area contributed by atoms with E-state index in [0.717, 1.165) is 19.4 Å². The molecular formula is C8H12F2N4O2S. The molecule has 96 valence electrons. The summed E-state index contributed by atoms with van der Waals surface area (Å²) >= 11 is 0. The maximum Gasteiger partial charge on any atom is 0.252 e. The molecule has 0 saturated heterocycles. The van der Waals surface area contributed by atoms with Crippen molar-refractivity contribution >= 4 is 16.0 Å². The molecule has 1 N–H and O–H groups in total. The zero-order valence-corrected chi connectivity index (χ0v) is 10.1. The Morgan fingerprint density at radius 1 is 1.41 bits per heavy atom. The van der Waals surface area contributed by atoms with Crippen molar-refractivity contribution in [1.29, 1.82) is 0 Å². The molecule has 0 spiro atoms. The van der Waals surface area contributed by atoms with E-state index in [-0.39, 0.29) is 10.8 Å². The molecule has 0 aromatic carbocycles. The number of anilines is 1. The van der Waals surface area contributed by atoms with Crippen molar-refractivity contribution in [2.75, 3.05) is 26.0 Å². The van der Waals surface area contributed by atoms with Crippen molar-refractivity contribution in [3.05, 3.63) is 12.4 Å². The highest BCUT2D eigenvalue weighted by molar-refractivity contribution is 7.89. The fraction of sp³-hybridized carbons (Fsp3) is 0.500. The van der Waals surface area contributed by atoms with Gasteiger partial charge < -0.3 is 5.32 Å². The molecule has 17 heavy (non-hydrogen) atoms. The third-order valence-corrected chi connectivity index (χ3v) is 3.73. The van der Waals surface area contributed by atoms with E-state index in [1.807, 2.05) is 0 Å². The number of hydrogen-bond donors (Lipinski definition) is 1. The zero-order chi connectivity index (χ0) is 13.1. The van der Waals surface area contributed by atoms with Gasteiger partial charge in [-0.1, -0.05) is 0 Å². The van der Waals surface area contributed by atoms with Crippen LogP contribution in [0, 0.1) is 0 Å². The third kappa shape index (κ3) is 3.30. The summed E-state index contributed by atoms with van der Waals surface area (Å²) in [5, 5.41) is 2.62. The number of aromatic nitrogens is 2. The number of nitrogens with one attached hydrogen (secondary N) is 1. The van der Waals surface area contributed by atoms with Crippen LogP contribution in [0.5, 0.6) is 0 Å². The lowest BCUT2D eigenvalue weighted by atomic mass is 10.7. The van der Waals surface area contributed by atoms with E-state index in [4.69, 9.17) is 0 Å². The number of hydrogen-bond acceptors (Lipinski definition) is 5. The van der Waals surface area contributed by atoms with Crippen LogP contribution in [-0.2, 0) is 10.0 Å². The Morgan fingerprint density at radius 2 is 1.94 bits per heavy atom. The molecular weight excluding hydrogens is 254 g/mol. The Morgan fingerprint density at radius 3 is 2.35 bits per heavy atom. The van der Waals surface area contributed by atoms with Gasteiger partial charge in [0.25, 0.3) is 6.43 Å². The quantitative estimate of drug-likeness (QED) is 0.835. The first-order valence-electron chi connectivity index (χ1n) is 4.62. The van der Waals surface area contributed by atoms with Gasteiger partial charge in [0.2, 0.25) is 16.0 Å². The van der Waals surface area contributed by atoms with E-state index < -0.39 is 23.0 Å². The molecule has 0 saturated carbocycles. The number of rotatable bonds is 5. The monoisotopic (exact) mass is 266 g/mol. The summed E-state index contributed by atoms with van der Waals surface area (Å²) in [6.07, 6.45) is -0.598. The fourth-order valence-corrected chi connectivity index (χ4v) is 2.09. The summed E-state index contributed by atoms with van der Waals surface area (Å²) in [6.45, 7) is -0.865. The number of nitrogens with zero attached hydrogens (tertiary/aromatic N) is 3. The molecule has 9 heteroatoms. The van der Waals surface area contributed by atoms with Crippen molar-refractivity contribution in [2.45, 2.75) is 11.3 Å². The molecule has 1 aromatic heterocycles. The van der Waals surface area contributed by atoms with Crippen molar-refractivity contribution < 1.29 is 17.2 Å². The van der Waals surface area contributed by atoms with E-state index in [9.17, 15) is 17.2 Å². The molecule has 1 rings (SSSR count). The SMILES string of the molecule is CNc1ncc(S(=O)(=O)N(C)CC(F)F)cn1. The second kappa shape index (κ2) is 5.32. The van der Waals surface area contributed by atoms with Crippen molar-refractivity contribution in [1.82, 2.24) is 14.3 Å². The van der Waals surface area contributed by atoms with Crippen LogP contribution in [0.2, 0.25) is 0 Å². The van der Waals surface area contributed by atoms with Crippen LogP contribution in [0.1, 0.15) is 0 Å². The van der Waals surface area contributed by atoms with Crippen molar-refractivity contribution in [2.24, 2.45) is 0 Å². The summed E-state index contributed by atoms with van der Waals surface area (Å²) in [6, 6.07) is 0. The van der Waals surface area contributed by atoms with Crippen LogP contribution < -0.4 is 5.32 Å². The average molecular weight is 266 g/mol. The minimum atomic E-state index is -3.96. The van der Waals surface area contributed by atoms with Crippen LogP contribution in [0.3, 0.4) is 0 Å². The third-order valence-electron chi connectivity index (χ3n) is 1.96. The van der Waals surface area contributed by atoms with E-state index >= 15 is 0 Å². The molecule has 0 fully saturated rings. The standard InChI is InChI=1S/C8H12F2N4O2S/c1-11-8-12-3-6(4-13-8)17(15,16)14(2)5-7(9)10/h3-4,7H,5H2,1-2H3,(H,11,12,13). The highest BCUT2D eigenvalue weighted by Gasteiger charge is 2.24. The zero-order valence-electron chi connectivity index (χ0n) is 9.26. The molecule has 0 unspecified atom stereocenters. The smallest absolute Gasteiger partial charge is 0.252 e. The molecule has 0 aliphatic carbocycles. The van der Waals surface area contributed by atoms with Crippen LogP contribution in [0.4, 0.5) is 14.7 Å². The molecule has 0 aliphatic heterocycles. The Labute approximate surface area is 97.7 Å². The topological polar surface area (TPSA) is 75.2 Å². The van der Waals surface area contributed by atoms with Gasteiger partial charge in [-0.05, 0) is 0 Å². The first kappa shape index (κ1) is 13.7. The lowest BCUT2D eigenvalue weighted by molar-refractivity contribution is 0.126. The van der Waals surface area contributed by atoms with Gasteiger partial charge in [0.05, 0.1) is 18.9 Å². The van der Waals surface area contributed by atoms with Gasteiger partial charge in [-0.15, -0.1) is 0 Å². The normalized spacial score (nSPS) is 12.1. The summed E-state index contributed by atoms with van der Waals surface area (Å²) in [7, 11) is -1.31. The Hall–Kier alpha value is -1.35. The van der Waals surface area contributed by atoms with Crippen molar-refractivity contribution in [3.63, 3.8) is 0 Å². The van der Waals surface area contributed by atoms with E-state index in [1.165, 1.54) is 0 Å². The lowest BCUT2D eigenvalue weighted by Crippen LogP contribution is -2.31. The predicted molar refractivity (Wildman–Crippen MR) is 57.4 cm³/mol. The van der Waals surface area contributed by atoms with Gasteiger partial charge in [-0.25, -0.2) is 27.2 Å². The van der Waals surface area contributed by atoms with Gasteiger partial charge in [-0.2, -0.15) is 4.31 Å². The molecule has 6 nitrogen and oxygen atoms in total. The first-order valence-corrected chi connectivity index (χ1v) is 6.06. The van der Waals surface area contributed by atoms with Gasteiger partial charge in [0.15, 0.2) is 0 Å². The van der Waals surface area contributed by atoms with Crippen LogP contribution in [0.15, 0.2) is 17.3 Å². The van der Waals surface area contributed by atoms with Gasteiger partial charge >= 0.3 is 0 Å². The second-order valence-corrected chi connectivity index (χ2v) is 5.21. The minimum Gasteiger partial charge on any atom is -0.357 e. The highest BCUT2D eigenvalue weighted by Crippen LogP contribution is 2.13. The minimum absolute atomic E-state index is 0.223.